The molecule has 0 fully saturated rings. The van der Waals surface area contributed by atoms with Crippen molar-refractivity contribution in [1.82, 2.24) is 9.55 Å². The van der Waals surface area contributed by atoms with Crippen molar-refractivity contribution in [2.24, 2.45) is 5.73 Å². The average molecular weight is 231 g/mol. The molecule has 0 saturated heterocycles. The summed E-state index contributed by atoms with van der Waals surface area (Å²) in [6.45, 7) is 8.09. The van der Waals surface area contributed by atoms with Crippen molar-refractivity contribution in [3.63, 3.8) is 0 Å². The van der Waals surface area contributed by atoms with E-state index < -0.39 is 0 Å². The Kier molecular flexibility index (Phi) is 3.48. The summed E-state index contributed by atoms with van der Waals surface area (Å²) in [4.78, 5) is 4.75. The predicted octanol–water partition coefficient (Wildman–Crippen LogP) is 2.82. The molecule has 1 heterocycles. The SMILES string of the molecule is CCCn1c(C(C)CN)nc2cc(C)ccc21. The molecule has 3 nitrogen and oxygen atoms in total. The van der Waals surface area contributed by atoms with Gasteiger partial charge in [0, 0.05) is 19.0 Å². The lowest BCUT2D eigenvalue weighted by atomic mass is 10.1. The van der Waals surface area contributed by atoms with E-state index in [9.17, 15) is 0 Å². The van der Waals surface area contributed by atoms with Crippen molar-refractivity contribution in [1.29, 1.82) is 0 Å². The van der Waals surface area contributed by atoms with Gasteiger partial charge in [-0.3, -0.25) is 0 Å². The van der Waals surface area contributed by atoms with E-state index in [0.717, 1.165) is 24.3 Å². The first-order valence-electron chi connectivity index (χ1n) is 6.34. The number of fused-ring (bicyclic) bond motifs is 1. The summed E-state index contributed by atoms with van der Waals surface area (Å²) >= 11 is 0. The maximum atomic E-state index is 5.77. The van der Waals surface area contributed by atoms with Crippen LogP contribution in [0.3, 0.4) is 0 Å². The van der Waals surface area contributed by atoms with E-state index in [1.807, 2.05) is 0 Å². The van der Waals surface area contributed by atoms with Gasteiger partial charge in [0.25, 0.3) is 0 Å². The van der Waals surface area contributed by atoms with Crippen LogP contribution in [0.25, 0.3) is 11.0 Å². The molecule has 0 radical (unpaired) electrons. The number of hydrogen-bond acceptors (Lipinski definition) is 2. The Morgan fingerprint density at radius 2 is 2.18 bits per heavy atom. The summed E-state index contributed by atoms with van der Waals surface area (Å²) < 4.78 is 2.31. The number of hydrogen-bond donors (Lipinski definition) is 1. The van der Waals surface area contributed by atoms with E-state index in [0.29, 0.717) is 12.5 Å². The molecule has 1 atom stereocenters. The molecule has 2 rings (SSSR count). The van der Waals surface area contributed by atoms with E-state index in [1.165, 1.54) is 11.1 Å². The van der Waals surface area contributed by atoms with Crippen LogP contribution >= 0.6 is 0 Å². The van der Waals surface area contributed by atoms with Crippen LogP contribution in [0.1, 0.15) is 37.6 Å². The molecule has 0 amide bonds. The maximum absolute atomic E-state index is 5.77. The summed E-state index contributed by atoms with van der Waals surface area (Å²) in [6, 6.07) is 6.46. The molecule has 0 aliphatic heterocycles. The summed E-state index contributed by atoms with van der Waals surface area (Å²) in [6.07, 6.45) is 1.11. The lowest BCUT2D eigenvalue weighted by molar-refractivity contribution is 0.606. The Morgan fingerprint density at radius 1 is 1.41 bits per heavy atom. The van der Waals surface area contributed by atoms with Crippen LogP contribution in [0.5, 0.6) is 0 Å². The number of benzene rings is 1. The number of nitrogens with zero attached hydrogens (tertiary/aromatic N) is 2. The minimum atomic E-state index is 0.314. The zero-order chi connectivity index (χ0) is 12.4. The van der Waals surface area contributed by atoms with Crippen molar-refractivity contribution in [3.05, 3.63) is 29.6 Å². The summed E-state index contributed by atoms with van der Waals surface area (Å²) in [5.74, 6) is 1.43. The normalized spacial score (nSPS) is 13.2. The first-order chi connectivity index (χ1) is 8.17. The van der Waals surface area contributed by atoms with Crippen LogP contribution in [0.15, 0.2) is 18.2 Å². The molecule has 0 aliphatic rings. The first kappa shape index (κ1) is 12.1. The molecule has 17 heavy (non-hydrogen) atoms. The van der Waals surface area contributed by atoms with Crippen LogP contribution in [0.4, 0.5) is 0 Å². The Labute approximate surface area is 103 Å². The van der Waals surface area contributed by atoms with Gasteiger partial charge in [0.05, 0.1) is 11.0 Å². The minimum absolute atomic E-state index is 0.314. The molecular formula is C14H21N3. The van der Waals surface area contributed by atoms with E-state index >= 15 is 0 Å². The average Bonchev–Trinajstić information content (AvgIpc) is 2.67. The van der Waals surface area contributed by atoms with Crippen molar-refractivity contribution in [2.75, 3.05) is 6.54 Å². The second-order valence-corrected chi connectivity index (χ2v) is 4.75. The number of rotatable bonds is 4. The number of aryl methyl sites for hydroxylation is 2. The lowest BCUT2D eigenvalue weighted by Gasteiger charge is -2.12. The molecule has 3 heteroatoms. The molecule has 1 unspecified atom stereocenters. The molecule has 2 aromatic rings. The van der Waals surface area contributed by atoms with Gasteiger partial charge < -0.3 is 10.3 Å². The zero-order valence-corrected chi connectivity index (χ0v) is 10.9. The Morgan fingerprint density at radius 3 is 2.82 bits per heavy atom. The topological polar surface area (TPSA) is 43.8 Å². The van der Waals surface area contributed by atoms with Gasteiger partial charge in [0.1, 0.15) is 5.82 Å². The number of imidazole rings is 1. The molecule has 0 saturated carbocycles. The second kappa shape index (κ2) is 4.88. The molecule has 1 aromatic carbocycles. The third-order valence-corrected chi connectivity index (χ3v) is 3.17. The number of nitrogens with two attached hydrogens (primary N) is 1. The van der Waals surface area contributed by atoms with Crippen LogP contribution in [-0.4, -0.2) is 16.1 Å². The fourth-order valence-electron chi connectivity index (χ4n) is 2.20. The van der Waals surface area contributed by atoms with Crippen LogP contribution in [0.2, 0.25) is 0 Å². The van der Waals surface area contributed by atoms with Gasteiger partial charge in [-0.1, -0.05) is 19.9 Å². The van der Waals surface area contributed by atoms with Gasteiger partial charge in [-0.2, -0.15) is 0 Å². The summed E-state index contributed by atoms with van der Waals surface area (Å²) in [5.41, 5.74) is 9.34. The minimum Gasteiger partial charge on any atom is -0.330 e. The van der Waals surface area contributed by atoms with Gasteiger partial charge in [0.2, 0.25) is 0 Å². The first-order valence-corrected chi connectivity index (χ1v) is 6.34. The van der Waals surface area contributed by atoms with Gasteiger partial charge in [-0.05, 0) is 31.0 Å². The molecule has 0 bridgehead atoms. The quantitative estimate of drug-likeness (QED) is 0.879. The van der Waals surface area contributed by atoms with Crippen LogP contribution < -0.4 is 5.73 Å². The smallest absolute Gasteiger partial charge is 0.113 e. The summed E-state index contributed by atoms with van der Waals surface area (Å²) in [7, 11) is 0. The largest absolute Gasteiger partial charge is 0.330 e. The molecule has 0 aliphatic carbocycles. The Hall–Kier alpha value is -1.35. The highest BCUT2D eigenvalue weighted by atomic mass is 15.1. The van der Waals surface area contributed by atoms with Crippen LogP contribution in [0, 0.1) is 6.92 Å². The van der Waals surface area contributed by atoms with E-state index in [1.54, 1.807) is 0 Å². The molecular weight excluding hydrogens is 210 g/mol. The standard InChI is InChI=1S/C14H21N3/c1-4-7-17-13-6-5-10(2)8-12(13)16-14(17)11(3)9-15/h5-6,8,11H,4,7,9,15H2,1-3H3. The van der Waals surface area contributed by atoms with E-state index in [4.69, 9.17) is 10.7 Å². The van der Waals surface area contributed by atoms with Crippen molar-refractivity contribution >= 4 is 11.0 Å². The van der Waals surface area contributed by atoms with Crippen molar-refractivity contribution < 1.29 is 0 Å². The fourth-order valence-corrected chi connectivity index (χ4v) is 2.20. The highest BCUT2D eigenvalue weighted by Gasteiger charge is 2.14. The van der Waals surface area contributed by atoms with Gasteiger partial charge in [0.15, 0.2) is 0 Å². The van der Waals surface area contributed by atoms with Crippen LogP contribution in [-0.2, 0) is 6.54 Å². The van der Waals surface area contributed by atoms with E-state index in [2.05, 4.69) is 43.5 Å². The van der Waals surface area contributed by atoms with Gasteiger partial charge >= 0.3 is 0 Å². The predicted molar refractivity (Wildman–Crippen MR) is 72.2 cm³/mol. The lowest BCUT2D eigenvalue weighted by Crippen LogP contribution is -2.14. The Bertz CT molecular complexity index is 513. The van der Waals surface area contributed by atoms with Crippen molar-refractivity contribution in [2.45, 2.75) is 39.7 Å². The zero-order valence-electron chi connectivity index (χ0n) is 10.9. The molecule has 92 valence electrons. The van der Waals surface area contributed by atoms with Gasteiger partial charge in [-0.25, -0.2) is 4.98 Å². The van der Waals surface area contributed by atoms with Crippen molar-refractivity contribution in [3.8, 4) is 0 Å². The van der Waals surface area contributed by atoms with E-state index in [-0.39, 0.29) is 0 Å². The molecule has 2 N–H and O–H groups in total. The molecule has 0 spiro atoms. The Balaban J connectivity index is 2.61. The molecule has 1 aromatic heterocycles. The second-order valence-electron chi connectivity index (χ2n) is 4.75. The monoisotopic (exact) mass is 231 g/mol. The summed E-state index contributed by atoms with van der Waals surface area (Å²) in [5, 5.41) is 0. The maximum Gasteiger partial charge on any atom is 0.113 e. The third kappa shape index (κ3) is 2.20. The fraction of sp³-hybridized carbons (Fsp3) is 0.500. The van der Waals surface area contributed by atoms with Gasteiger partial charge in [-0.15, -0.1) is 0 Å². The highest BCUT2D eigenvalue weighted by Crippen LogP contribution is 2.22. The third-order valence-electron chi connectivity index (χ3n) is 3.17. The number of aromatic nitrogens is 2. The highest BCUT2D eigenvalue weighted by molar-refractivity contribution is 5.77.